The fourth-order valence-corrected chi connectivity index (χ4v) is 11.3. The Bertz CT molecular complexity index is 2730. The second-order valence-electron chi connectivity index (χ2n) is 17.8. The zero-order valence-electron chi connectivity index (χ0n) is 44.8. The molecule has 1 atom stereocenters. The summed E-state index contributed by atoms with van der Waals surface area (Å²) in [5, 5.41) is 30.3. The van der Waals surface area contributed by atoms with Crippen LogP contribution >= 0.6 is 22.9 Å². The zero-order chi connectivity index (χ0) is 52.2. The summed E-state index contributed by atoms with van der Waals surface area (Å²) < 4.78 is 25.3. The first-order valence-corrected chi connectivity index (χ1v) is 27.9. The maximum atomic E-state index is 14.0. The van der Waals surface area contributed by atoms with Crippen LogP contribution in [0.1, 0.15) is 154 Å². The number of aliphatic hydroxyl groups is 1. The van der Waals surface area contributed by atoms with Crippen LogP contribution < -0.4 is 10.6 Å². The molecule has 0 aliphatic carbocycles. The van der Waals surface area contributed by atoms with Gasteiger partial charge in [-0.3, -0.25) is 19.1 Å². The molecule has 8 rings (SSSR count). The number of carbonyl (C=O) groups excluding carboxylic acids is 2. The van der Waals surface area contributed by atoms with Crippen LogP contribution in [0.2, 0.25) is 5.02 Å². The largest absolute Gasteiger partial charge is 0.412 e. The molecular formula is C55H78ClN9O6S2W. The number of unbranched alkanes of at least 4 members (excludes halogenated alkanes) is 7. The topological polar surface area (TPSA) is 200 Å². The van der Waals surface area contributed by atoms with Gasteiger partial charge in [0.25, 0.3) is 5.91 Å². The maximum Gasteiger partial charge on any atom is 0.251 e. The summed E-state index contributed by atoms with van der Waals surface area (Å²) in [6, 6.07) is 17.2. The second kappa shape index (κ2) is 32.9. The minimum Gasteiger partial charge on any atom is -0.412 e. The molecule has 2 amide bonds. The molecule has 15 nitrogen and oxygen atoms in total. The summed E-state index contributed by atoms with van der Waals surface area (Å²) >= 11 is 7.80. The average molecular weight is 1240 g/mol. The molecule has 1 fully saturated rings. The number of nitrogens with one attached hydrogen (secondary N) is 2. The van der Waals surface area contributed by atoms with E-state index in [-0.39, 0.29) is 51.1 Å². The Kier molecular flexibility index (Phi) is 28.4. The van der Waals surface area contributed by atoms with Crippen molar-refractivity contribution >= 4 is 57.0 Å². The Balaban J connectivity index is 0.000000403. The molecule has 6 heterocycles. The number of thiophene rings is 1. The number of hydrogen-bond donors (Lipinski definition) is 3. The number of halogens is 1. The van der Waals surface area contributed by atoms with Crippen molar-refractivity contribution in [1.29, 1.82) is 0 Å². The number of nitrogens with zero attached hydrogens (tertiary/aromatic N) is 7. The number of pyridine rings is 1. The molecule has 0 spiro atoms. The number of aliphatic imine (C=N–C) groups is 1. The predicted octanol–water partition coefficient (Wildman–Crippen LogP) is 10.5. The summed E-state index contributed by atoms with van der Waals surface area (Å²) in [4.78, 5) is 30.8. The first-order chi connectivity index (χ1) is 34.9. The third-order valence-electron chi connectivity index (χ3n) is 12.4. The van der Waals surface area contributed by atoms with Gasteiger partial charge in [0, 0.05) is 99.6 Å². The van der Waals surface area contributed by atoms with Crippen molar-refractivity contribution in [3.8, 4) is 16.1 Å². The van der Waals surface area contributed by atoms with E-state index in [0.717, 1.165) is 101 Å². The fourth-order valence-electron chi connectivity index (χ4n) is 8.51. The Hall–Kier alpha value is -4.45. The van der Waals surface area contributed by atoms with Crippen molar-refractivity contribution in [2.24, 2.45) is 4.99 Å². The minimum atomic E-state index is -1.47. The van der Waals surface area contributed by atoms with Gasteiger partial charge in [0.05, 0.1) is 35.0 Å². The molecule has 2 aliphatic rings. The monoisotopic (exact) mass is 1240 g/mol. The summed E-state index contributed by atoms with van der Waals surface area (Å²) in [6.07, 6.45) is 15.3. The summed E-state index contributed by atoms with van der Waals surface area (Å²) in [7, 11) is 0.246. The number of amides is 2. The number of benzene rings is 2. The van der Waals surface area contributed by atoms with Crippen LogP contribution in [-0.4, -0.2) is 100 Å². The molecule has 5 N–H and O–H groups in total. The van der Waals surface area contributed by atoms with Crippen LogP contribution in [0.3, 0.4) is 0 Å². The van der Waals surface area contributed by atoms with E-state index in [2.05, 4.69) is 58.2 Å². The van der Waals surface area contributed by atoms with Crippen LogP contribution in [-0.2, 0) is 54.7 Å². The normalized spacial score (nSPS) is 13.4. The van der Waals surface area contributed by atoms with Crippen LogP contribution in [0, 0.1) is 20.8 Å². The smallest absolute Gasteiger partial charge is 0.251 e. The molecule has 19 heteroatoms. The number of aromatic nitrogens is 5. The van der Waals surface area contributed by atoms with Gasteiger partial charge in [0.1, 0.15) is 28.4 Å². The standard InChI is InChI=1S/C33H47N5O5S.C17H15ClN4S.C3H8.C2H6.H2O.W/c1-25(40)34-16-9-7-5-3-4-6-8-10-17-35-33(41)27-11-12-30(26-13-20-38-31(21-26)28(24-39)23-36-38)32(22-27)44(42)37-18-14-29(43-2)15-19-37;1-9-10(2)23-17-15(9)16(12-4-6-13(18)7-5-12)19-8-14-21-20-11(3)22(14)17;1-3-2;1-2;;/h11-13,20-23,29,39H,3-10,14-19,24H2,1-2H3,(H,34,40)(H,35,41);4-7H,8H2,1-3H3;3H2,1-2H3;1-2H3;1H2;. The number of fused-ring (bicyclic) bond motifs is 4. The van der Waals surface area contributed by atoms with Gasteiger partial charge in [0.15, 0.2) is 5.82 Å². The van der Waals surface area contributed by atoms with E-state index in [9.17, 15) is 18.9 Å². The van der Waals surface area contributed by atoms with E-state index in [1.165, 1.54) is 41.7 Å². The van der Waals surface area contributed by atoms with Gasteiger partial charge in [0.2, 0.25) is 5.91 Å². The quantitative estimate of drug-likeness (QED) is 0.0706. The molecule has 2 aliphatic heterocycles. The SMILES string of the molecule is CC.CCC.COC1CCN(S(=O)c2cc(C(=O)NCCCCCCCCCCNC(C)=O)ccc2-c2ccn3ncc(CO)c3c2)CC1.Cc1sc2c(c1C)C(c1ccc(Cl)cc1)=NCc1nnc(C)n1-2.O.[W]. The predicted molar refractivity (Wildman–Crippen MR) is 298 cm³/mol. The Morgan fingerprint density at radius 1 is 0.878 bits per heavy atom. The number of carbonyl (C=O) groups is 2. The van der Waals surface area contributed by atoms with Crippen LogP contribution in [0.15, 0.2) is 76.9 Å². The maximum absolute atomic E-state index is 14.0. The van der Waals surface area contributed by atoms with Crippen molar-refractivity contribution in [1.82, 2.24) is 39.3 Å². The molecule has 0 bridgehead atoms. The van der Waals surface area contributed by atoms with Gasteiger partial charge in [-0.1, -0.05) is 102 Å². The zero-order valence-corrected chi connectivity index (χ0v) is 50.1. The Labute approximate surface area is 464 Å². The first-order valence-electron chi connectivity index (χ1n) is 25.6. The van der Waals surface area contributed by atoms with Crippen LogP contribution in [0.5, 0.6) is 0 Å². The summed E-state index contributed by atoms with van der Waals surface area (Å²) in [5.41, 5.74) is 8.15. The van der Waals surface area contributed by atoms with Crippen molar-refractivity contribution in [3.05, 3.63) is 116 Å². The van der Waals surface area contributed by atoms with Gasteiger partial charge in [-0.2, -0.15) is 5.10 Å². The van der Waals surface area contributed by atoms with Crippen molar-refractivity contribution < 1.29 is 50.2 Å². The number of rotatable bonds is 18. The number of aliphatic hydroxyl groups excluding tert-OH is 1. The van der Waals surface area contributed by atoms with Gasteiger partial charge in [-0.05, 0) is 99.5 Å². The number of hydrogen-bond acceptors (Lipinski definition) is 10. The molecule has 1 saturated heterocycles. The molecule has 6 aromatic rings. The molecular weight excluding hydrogens is 1170 g/mol. The summed E-state index contributed by atoms with van der Waals surface area (Å²) in [6.45, 7) is 19.1. The third-order valence-corrected chi connectivity index (χ3v) is 15.4. The van der Waals surface area contributed by atoms with E-state index >= 15 is 0 Å². The van der Waals surface area contributed by atoms with Gasteiger partial charge < -0.3 is 26.0 Å². The summed E-state index contributed by atoms with van der Waals surface area (Å²) in [5.74, 6) is 1.65. The number of piperidine rings is 1. The van der Waals surface area contributed by atoms with E-state index in [0.29, 0.717) is 42.2 Å². The van der Waals surface area contributed by atoms with Gasteiger partial charge in [-0.15, -0.1) is 21.5 Å². The molecule has 4 aromatic heterocycles. The number of aryl methyl sites for hydroxylation is 2. The molecule has 74 heavy (non-hydrogen) atoms. The van der Waals surface area contributed by atoms with Crippen molar-refractivity contribution in [2.75, 3.05) is 33.3 Å². The molecule has 1 unspecified atom stereocenters. The van der Waals surface area contributed by atoms with E-state index < -0.39 is 11.0 Å². The molecule has 2 aromatic carbocycles. The van der Waals surface area contributed by atoms with Crippen molar-refractivity contribution in [2.45, 2.75) is 150 Å². The van der Waals surface area contributed by atoms with Crippen molar-refractivity contribution in [3.63, 3.8) is 0 Å². The number of ether oxygens (including phenoxy) is 1. The fraction of sp³-hybridized carbons (Fsp3) is 0.491. The van der Waals surface area contributed by atoms with Crippen LogP contribution in [0.25, 0.3) is 21.6 Å². The molecule has 0 radical (unpaired) electrons. The Morgan fingerprint density at radius 3 is 2.11 bits per heavy atom. The van der Waals surface area contributed by atoms with Gasteiger partial charge >= 0.3 is 0 Å². The second-order valence-corrected chi connectivity index (χ2v) is 20.9. The van der Waals surface area contributed by atoms with E-state index in [4.69, 9.17) is 21.3 Å². The first kappa shape index (κ1) is 63.8. The Morgan fingerprint density at radius 2 is 1.50 bits per heavy atom. The van der Waals surface area contributed by atoms with E-state index in [1.807, 2.05) is 73.7 Å². The van der Waals surface area contributed by atoms with Crippen LogP contribution in [0.4, 0.5) is 0 Å². The number of methoxy groups -OCH3 is 1. The molecule has 0 saturated carbocycles. The third kappa shape index (κ3) is 17.3. The average Bonchev–Trinajstić information content (AvgIpc) is 4.04. The molecule has 404 valence electrons. The minimum absolute atomic E-state index is 0. The van der Waals surface area contributed by atoms with Gasteiger partial charge in [-0.25, -0.2) is 13.0 Å². The van der Waals surface area contributed by atoms with E-state index in [1.54, 1.807) is 48.2 Å².